The number of hydrogen-bond acceptors (Lipinski definition) is 2. The van der Waals surface area contributed by atoms with Crippen LogP contribution in [0.1, 0.15) is 16.0 Å². The minimum atomic E-state index is 0.148. The molecule has 1 aromatic carbocycles. The van der Waals surface area contributed by atoms with E-state index in [2.05, 4.69) is 28.1 Å². The molecule has 2 nitrogen and oxygen atoms in total. The van der Waals surface area contributed by atoms with Crippen LogP contribution in [-0.2, 0) is 17.8 Å². The summed E-state index contributed by atoms with van der Waals surface area (Å²) in [5, 5.41) is 2.04. The van der Waals surface area contributed by atoms with Gasteiger partial charge in [-0.2, -0.15) is 0 Å². The molecule has 0 saturated carbocycles. The standard InChI is InChI=1S/C15H16BrNOS/c1-11-4-3-5-12(6-11)7-15(18)17(2)9-14-8-13(16)10-19-14/h3-6,8,10H,7,9H2,1-2H3. The van der Waals surface area contributed by atoms with Gasteiger partial charge >= 0.3 is 0 Å². The molecular formula is C15H16BrNOS. The molecule has 1 heterocycles. The Hall–Kier alpha value is -1.13. The van der Waals surface area contributed by atoms with Gasteiger partial charge in [0.2, 0.25) is 5.91 Å². The lowest BCUT2D eigenvalue weighted by Crippen LogP contribution is -2.27. The summed E-state index contributed by atoms with van der Waals surface area (Å²) in [6, 6.07) is 10.2. The lowest BCUT2D eigenvalue weighted by molar-refractivity contribution is -0.129. The van der Waals surface area contributed by atoms with Crippen LogP contribution < -0.4 is 0 Å². The van der Waals surface area contributed by atoms with E-state index in [9.17, 15) is 4.79 Å². The van der Waals surface area contributed by atoms with Gasteiger partial charge in [0.25, 0.3) is 0 Å². The number of thiophene rings is 1. The Morgan fingerprint density at radius 1 is 1.37 bits per heavy atom. The molecule has 0 saturated heterocycles. The quantitative estimate of drug-likeness (QED) is 0.825. The molecule has 1 aromatic heterocycles. The molecule has 1 amide bonds. The van der Waals surface area contributed by atoms with Crippen molar-refractivity contribution in [3.63, 3.8) is 0 Å². The van der Waals surface area contributed by atoms with E-state index in [1.165, 1.54) is 10.4 Å². The summed E-state index contributed by atoms with van der Waals surface area (Å²) in [6.07, 6.45) is 0.463. The number of aryl methyl sites for hydroxylation is 1. The van der Waals surface area contributed by atoms with Crippen molar-refractivity contribution in [2.24, 2.45) is 0 Å². The molecule has 2 rings (SSSR count). The van der Waals surface area contributed by atoms with Crippen LogP contribution >= 0.6 is 27.3 Å². The first-order valence-corrected chi connectivity index (χ1v) is 7.74. The molecule has 19 heavy (non-hydrogen) atoms. The van der Waals surface area contributed by atoms with Gasteiger partial charge in [0.05, 0.1) is 13.0 Å². The maximum Gasteiger partial charge on any atom is 0.227 e. The number of nitrogens with zero attached hydrogens (tertiary/aromatic N) is 1. The largest absolute Gasteiger partial charge is 0.340 e. The zero-order valence-electron chi connectivity index (χ0n) is 11.0. The van der Waals surface area contributed by atoms with Crippen LogP contribution in [0.5, 0.6) is 0 Å². The summed E-state index contributed by atoms with van der Waals surface area (Å²) in [7, 11) is 1.85. The molecule has 0 atom stereocenters. The third-order valence-corrected chi connectivity index (χ3v) is 4.56. The lowest BCUT2D eigenvalue weighted by atomic mass is 10.1. The van der Waals surface area contributed by atoms with E-state index in [0.717, 1.165) is 10.0 Å². The number of hydrogen-bond donors (Lipinski definition) is 0. The van der Waals surface area contributed by atoms with Crippen LogP contribution in [0.4, 0.5) is 0 Å². The number of amides is 1. The Kier molecular flexibility index (Phi) is 4.77. The number of halogens is 1. The summed E-state index contributed by atoms with van der Waals surface area (Å²) in [5.41, 5.74) is 2.26. The number of benzene rings is 1. The van der Waals surface area contributed by atoms with E-state index in [0.29, 0.717) is 13.0 Å². The fourth-order valence-corrected chi connectivity index (χ4v) is 3.39. The highest BCUT2D eigenvalue weighted by Crippen LogP contribution is 2.21. The van der Waals surface area contributed by atoms with E-state index in [1.54, 1.807) is 16.2 Å². The molecule has 0 spiro atoms. The van der Waals surface area contributed by atoms with Crippen molar-refractivity contribution >= 4 is 33.2 Å². The van der Waals surface area contributed by atoms with E-state index in [1.807, 2.05) is 37.6 Å². The van der Waals surface area contributed by atoms with Gasteiger partial charge in [0.15, 0.2) is 0 Å². The van der Waals surface area contributed by atoms with E-state index in [4.69, 9.17) is 0 Å². The van der Waals surface area contributed by atoms with E-state index < -0.39 is 0 Å². The Bertz CT molecular complexity index is 579. The van der Waals surface area contributed by atoms with Crippen LogP contribution in [0.15, 0.2) is 40.2 Å². The number of likely N-dealkylation sites (N-methyl/N-ethyl adjacent to an activating group) is 1. The molecular weight excluding hydrogens is 322 g/mol. The maximum atomic E-state index is 12.2. The number of rotatable bonds is 4. The van der Waals surface area contributed by atoms with Crippen LogP contribution in [-0.4, -0.2) is 17.9 Å². The van der Waals surface area contributed by atoms with E-state index in [-0.39, 0.29) is 5.91 Å². The second-order valence-corrected chi connectivity index (χ2v) is 6.56. The normalized spacial score (nSPS) is 10.5. The van der Waals surface area contributed by atoms with Crippen LogP contribution in [0.2, 0.25) is 0 Å². The van der Waals surface area contributed by atoms with Crippen molar-refractivity contribution in [3.8, 4) is 0 Å². The second-order valence-electron chi connectivity index (χ2n) is 4.65. The fraction of sp³-hybridized carbons (Fsp3) is 0.267. The first kappa shape index (κ1) is 14.3. The van der Waals surface area contributed by atoms with Gasteiger partial charge in [-0.15, -0.1) is 11.3 Å². The zero-order valence-corrected chi connectivity index (χ0v) is 13.4. The molecule has 100 valence electrons. The van der Waals surface area contributed by atoms with Gasteiger partial charge in [0.1, 0.15) is 0 Å². The third kappa shape index (κ3) is 4.18. The highest BCUT2D eigenvalue weighted by molar-refractivity contribution is 9.10. The molecule has 0 unspecified atom stereocenters. The predicted molar refractivity (Wildman–Crippen MR) is 83.4 cm³/mol. The van der Waals surface area contributed by atoms with Crippen molar-refractivity contribution < 1.29 is 4.79 Å². The lowest BCUT2D eigenvalue weighted by Gasteiger charge is -2.16. The predicted octanol–water partition coefficient (Wildman–Crippen LogP) is 4.02. The van der Waals surface area contributed by atoms with Gasteiger partial charge < -0.3 is 4.90 Å². The highest BCUT2D eigenvalue weighted by atomic mass is 79.9. The summed E-state index contributed by atoms with van der Waals surface area (Å²) < 4.78 is 1.08. The average molecular weight is 338 g/mol. The van der Waals surface area contributed by atoms with Gasteiger partial charge in [-0.3, -0.25) is 4.79 Å². The molecule has 0 aliphatic rings. The third-order valence-electron chi connectivity index (χ3n) is 2.88. The highest BCUT2D eigenvalue weighted by Gasteiger charge is 2.11. The summed E-state index contributed by atoms with van der Waals surface area (Å²) >= 11 is 5.09. The van der Waals surface area contributed by atoms with Crippen molar-refractivity contribution in [1.82, 2.24) is 4.90 Å². The van der Waals surface area contributed by atoms with Gasteiger partial charge in [-0.05, 0) is 34.5 Å². The Morgan fingerprint density at radius 3 is 2.79 bits per heavy atom. The Balaban J connectivity index is 1.96. The molecule has 0 bridgehead atoms. The minimum absolute atomic E-state index is 0.148. The number of carbonyl (C=O) groups excluding carboxylic acids is 1. The molecule has 2 aromatic rings. The van der Waals surface area contributed by atoms with Crippen molar-refractivity contribution in [1.29, 1.82) is 0 Å². The second kappa shape index (κ2) is 6.35. The van der Waals surface area contributed by atoms with Gasteiger partial charge in [0, 0.05) is 21.8 Å². The fourth-order valence-electron chi connectivity index (χ4n) is 1.89. The van der Waals surface area contributed by atoms with Crippen LogP contribution in [0.3, 0.4) is 0 Å². The van der Waals surface area contributed by atoms with Gasteiger partial charge in [-0.25, -0.2) is 0 Å². The molecule has 0 radical (unpaired) electrons. The summed E-state index contributed by atoms with van der Waals surface area (Å²) in [4.78, 5) is 15.1. The molecule has 0 fully saturated rings. The Morgan fingerprint density at radius 2 is 2.16 bits per heavy atom. The van der Waals surface area contributed by atoms with Gasteiger partial charge in [-0.1, -0.05) is 29.8 Å². The molecule has 4 heteroatoms. The van der Waals surface area contributed by atoms with Crippen molar-refractivity contribution in [2.75, 3.05) is 7.05 Å². The molecule has 0 N–H and O–H groups in total. The van der Waals surface area contributed by atoms with Crippen molar-refractivity contribution in [3.05, 3.63) is 56.2 Å². The average Bonchev–Trinajstić information content (AvgIpc) is 2.74. The smallest absolute Gasteiger partial charge is 0.227 e. The minimum Gasteiger partial charge on any atom is -0.340 e. The monoisotopic (exact) mass is 337 g/mol. The molecule has 0 aliphatic heterocycles. The van der Waals surface area contributed by atoms with Crippen molar-refractivity contribution in [2.45, 2.75) is 19.9 Å². The Labute approximate surface area is 126 Å². The first-order valence-electron chi connectivity index (χ1n) is 6.07. The zero-order chi connectivity index (χ0) is 13.8. The van der Waals surface area contributed by atoms with E-state index >= 15 is 0 Å². The summed E-state index contributed by atoms with van der Waals surface area (Å²) in [6.45, 7) is 2.71. The maximum absolute atomic E-state index is 12.2. The first-order chi connectivity index (χ1) is 9.04. The number of carbonyl (C=O) groups is 1. The van der Waals surface area contributed by atoms with Crippen LogP contribution in [0, 0.1) is 6.92 Å². The molecule has 0 aliphatic carbocycles. The SMILES string of the molecule is Cc1cccc(CC(=O)N(C)Cc2cc(Br)cs2)c1. The summed E-state index contributed by atoms with van der Waals surface area (Å²) in [5.74, 6) is 0.148. The van der Waals surface area contributed by atoms with Crippen LogP contribution in [0.25, 0.3) is 0 Å². The topological polar surface area (TPSA) is 20.3 Å².